The SMILES string of the molecule is C=C1C[C@@H]2[C@H](CC[C@]3(C)C(O)CC[C@@H]23)[C@@]2(C)C=CCC=C12. The molecule has 1 nitrogen and oxygen atoms in total. The zero-order valence-corrected chi connectivity index (χ0v) is 13.4. The fourth-order valence-corrected chi connectivity index (χ4v) is 6.34. The van der Waals surface area contributed by atoms with Crippen molar-refractivity contribution in [3.63, 3.8) is 0 Å². The Balaban J connectivity index is 1.75. The minimum atomic E-state index is -0.0802. The van der Waals surface area contributed by atoms with E-state index in [1.165, 1.54) is 30.4 Å². The highest BCUT2D eigenvalue weighted by molar-refractivity contribution is 5.44. The van der Waals surface area contributed by atoms with Crippen LogP contribution in [0.15, 0.2) is 36.0 Å². The number of rotatable bonds is 0. The summed E-state index contributed by atoms with van der Waals surface area (Å²) in [6.45, 7) is 9.21. The normalized spacial score (nSPS) is 52.0. The molecule has 1 heteroatoms. The van der Waals surface area contributed by atoms with Crippen molar-refractivity contribution in [2.24, 2.45) is 28.6 Å². The van der Waals surface area contributed by atoms with Gasteiger partial charge in [-0.15, -0.1) is 0 Å². The van der Waals surface area contributed by atoms with Crippen molar-refractivity contribution in [3.05, 3.63) is 36.0 Å². The molecule has 4 aliphatic rings. The molecule has 0 aromatic carbocycles. The van der Waals surface area contributed by atoms with Crippen LogP contribution >= 0.6 is 0 Å². The Morgan fingerprint density at radius 1 is 1.19 bits per heavy atom. The first-order chi connectivity index (χ1) is 9.97. The Labute approximate surface area is 128 Å². The van der Waals surface area contributed by atoms with Crippen LogP contribution < -0.4 is 0 Å². The summed E-state index contributed by atoms with van der Waals surface area (Å²) in [5, 5.41) is 10.5. The monoisotopic (exact) mass is 284 g/mol. The Morgan fingerprint density at radius 2 is 2.00 bits per heavy atom. The first-order valence-electron chi connectivity index (χ1n) is 8.71. The van der Waals surface area contributed by atoms with E-state index in [9.17, 15) is 5.11 Å². The molecular formula is C20H28O. The van der Waals surface area contributed by atoms with Crippen LogP contribution in [0.5, 0.6) is 0 Å². The molecule has 0 saturated heterocycles. The highest BCUT2D eigenvalue weighted by atomic mass is 16.3. The lowest BCUT2D eigenvalue weighted by Gasteiger charge is -2.57. The van der Waals surface area contributed by atoms with Crippen molar-refractivity contribution in [3.8, 4) is 0 Å². The van der Waals surface area contributed by atoms with Crippen molar-refractivity contribution in [1.82, 2.24) is 0 Å². The third-order valence-electron chi connectivity index (χ3n) is 7.52. The summed E-state index contributed by atoms with van der Waals surface area (Å²) < 4.78 is 0. The molecular weight excluding hydrogens is 256 g/mol. The van der Waals surface area contributed by atoms with E-state index in [-0.39, 0.29) is 16.9 Å². The van der Waals surface area contributed by atoms with Crippen LogP contribution in [0.1, 0.15) is 52.4 Å². The molecule has 0 aromatic rings. The zero-order chi connectivity index (χ0) is 14.8. The van der Waals surface area contributed by atoms with E-state index in [1.807, 2.05) is 0 Å². The lowest BCUT2D eigenvalue weighted by Crippen LogP contribution is -2.50. The zero-order valence-electron chi connectivity index (χ0n) is 13.4. The molecule has 4 aliphatic carbocycles. The molecule has 0 bridgehead atoms. The van der Waals surface area contributed by atoms with E-state index in [4.69, 9.17) is 0 Å². The number of hydrogen-bond donors (Lipinski definition) is 1. The van der Waals surface area contributed by atoms with Gasteiger partial charge in [-0.3, -0.25) is 0 Å². The van der Waals surface area contributed by atoms with E-state index in [0.29, 0.717) is 5.92 Å². The largest absolute Gasteiger partial charge is 0.393 e. The molecule has 114 valence electrons. The second kappa shape index (κ2) is 4.35. The van der Waals surface area contributed by atoms with Crippen molar-refractivity contribution in [2.75, 3.05) is 0 Å². The highest BCUT2D eigenvalue weighted by Gasteiger charge is 2.58. The van der Waals surface area contributed by atoms with Gasteiger partial charge in [0.25, 0.3) is 0 Å². The van der Waals surface area contributed by atoms with E-state index in [2.05, 4.69) is 38.7 Å². The summed E-state index contributed by atoms with van der Waals surface area (Å²) in [7, 11) is 0. The summed E-state index contributed by atoms with van der Waals surface area (Å²) >= 11 is 0. The second-order valence-electron chi connectivity index (χ2n) is 8.36. The van der Waals surface area contributed by atoms with Gasteiger partial charge in [0.1, 0.15) is 0 Å². The average Bonchev–Trinajstić information content (AvgIpc) is 2.75. The van der Waals surface area contributed by atoms with Gasteiger partial charge in [0.2, 0.25) is 0 Å². The van der Waals surface area contributed by atoms with Gasteiger partial charge < -0.3 is 5.11 Å². The van der Waals surface area contributed by atoms with Crippen LogP contribution in [0.4, 0.5) is 0 Å². The van der Waals surface area contributed by atoms with Crippen molar-refractivity contribution in [1.29, 1.82) is 0 Å². The Bertz CT molecular complexity index is 542. The number of allylic oxidation sites excluding steroid dienone is 5. The average molecular weight is 284 g/mol. The first kappa shape index (κ1) is 13.8. The number of hydrogen-bond acceptors (Lipinski definition) is 1. The van der Waals surface area contributed by atoms with Crippen LogP contribution in [-0.4, -0.2) is 11.2 Å². The smallest absolute Gasteiger partial charge is 0.0596 e. The van der Waals surface area contributed by atoms with Gasteiger partial charge in [0.15, 0.2) is 0 Å². The third kappa shape index (κ3) is 1.67. The fourth-order valence-electron chi connectivity index (χ4n) is 6.34. The standard InChI is InChI=1S/C20H28O/c1-13-12-14-16-7-8-18(21)20(16,3)11-9-17(14)19(2)10-5-4-6-15(13)19/h5-6,10,14,16-18,21H,1,4,7-9,11-12H2,2-3H3/t14-,16-,17-,18?,19-,20-/m0/s1. The lowest BCUT2D eigenvalue weighted by atomic mass is 9.47. The second-order valence-corrected chi connectivity index (χ2v) is 8.36. The highest BCUT2D eigenvalue weighted by Crippen LogP contribution is 2.65. The summed E-state index contributed by atoms with van der Waals surface area (Å²) in [5.74, 6) is 2.16. The van der Waals surface area contributed by atoms with Gasteiger partial charge in [0.05, 0.1) is 6.10 Å². The topological polar surface area (TPSA) is 20.2 Å². The van der Waals surface area contributed by atoms with Gasteiger partial charge in [-0.1, -0.05) is 44.2 Å². The first-order valence-corrected chi connectivity index (χ1v) is 8.71. The van der Waals surface area contributed by atoms with Crippen LogP contribution in [-0.2, 0) is 0 Å². The fraction of sp³-hybridized carbons (Fsp3) is 0.700. The molecule has 3 saturated carbocycles. The molecule has 21 heavy (non-hydrogen) atoms. The summed E-state index contributed by atoms with van der Waals surface area (Å²) in [5.41, 5.74) is 3.26. The summed E-state index contributed by atoms with van der Waals surface area (Å²) in [6.07, 6.45) is 14.1. The Hall–Kier alpha value is -0.820. The molecule has 0 amide bonds. The van der Waals surface area contributed by atoms with E-state index >= 15 is 0 Å². The molecule has 3 fully saturated rings. The molecule has 0 heterocycles. The van der Waals surface area contributed by atoms with Crippen molar-refractivity contribution >= 4 is 0 Å². The van der Waals surface area contributed by atoms with Crippen molar-refractivity contribution < 1.29 is 5.11 Å². The predicted molar refractivity (Wildman–Crippen MR) is 86.8 cm³/mol. The van der Waals surface area contributed by atoms with Crippen LogP contribution in [0.3, 0.4) is 0 Å². The lowest BCUT2D eigenvalue weighted by molar-refractivity contribution is -0.0553. The van der Waals surface area contributed by atoms with Crippen LogP contribution in [0.2, 0.25) is 0 Å². The maximum atomic E-state index is 10.5. The van der Waals surface area contributed by atoms with Crippen LogP contribution in [0.25, 0.3) is 0 Å². The number of aliphatic hydroxyl groups excluding tert-OH is 1. The molecule has 6 atom stereocenters. The van der Waals surface area contributed by atoms with Gasteiger partial charge in [-0.2, -0.15) is 0 Å². The molecule has 0 radical (unpaired) electrons. The quantitative estimate of drug-likeness (QED) is 0.642. The molecule has 0 spiro atoms. The predicted octanol–water partition coefficient (Wildman–Crippen LogP) is 4.64. The molecule has 1 unspecified atom stereocenters. The minimum absolute atomic E-state index is 0.0802. The Kier molecular flexibility index (Phi) is 2.86. The molecule has 0 aromatic heterocycles. The minimum Gasteiger partial charge on any atom is -0.393 e. The van der Waals surface area contributed by atoms with Crippen LogP contribution in [0, 0.1) is 28.6 Å². The van der Waals surface area contributed by atoms with E-state index < -0.39 is 0 Å². The molecule has 0 aliphatic heterocycles. The van der Waals surface area contributed by atoms with E-state index in [1.54, 1.807) is 0 Å². The summed E-state index contributed by atoms with van der Waals surface area (Å²) in [4.78, 5) is 0. The van der Waals surface area contributed by atoms with Gasteiger partial charge in [0, 0.05) is 5.41 Å². The van der Waals surface area contributed by atoms with Gasteiger partial charge >= 0.3 is 0 Å². The van der Waals surface area contributed by atoms with E-state index in [0.717, 1.165) is 31.1 Å². The third-order valence-corrected chi connectivity index (χ3v) is 7.52. The van der Waals surface area contributed by atoms with Gasteiger partial charge in [-0.05, 0) is 67.3 Å². The summed E-state index contributed by atoms with van der Waals surface area (Å²) in [6, 6.07) is 0. The van der Waals surface area contributed by atoms with Gasteiger partial charge in [-0.25, -0.2) is 0 Å². The maximum Gasteiger partial charge on any atom is 0.0596 e. The van der Waals surface area contributed by atoms with Crippen molar-refractivity contribution in [2.45, 2.75) is 58.5 Å². The maximum absolute atomic E-state index is 10.5. The number of aliphatic hydroxyl groups is 1. The number of fused-ring (bicyclic) bond motifs is 5. The molecule has 1 N–H and O–H groups in total. The molecule has 4 rings (SSSR count). The Morgan fingerprint density at radius 3 is 2.81 bits per heavy atom.